The molecular weight excluding hydrogens is 513 g/mol. The normalized spacial score (nSPS) is 16.4. The number of fused-ring (bicyclic) bond motifs is 6. The molecule has 0 amide bonds. The minimum absolute atomic E-state index is 0.248. The van der Waals surface area contributed by atoms with Gasteiger partial charge in [0, 0.05) is 26.2 Å². The molecular formula is C40H26S. The zero-order chi connectivity index (χ0) is 27.1. The molecule has 1 heteroatoms. The second-order valence-corrected chi connectivity index (χ2v) is 12.5. The Balaban J connectivity index is 1.31. The van der Waals surface area contributed by atoms with E-state index in [0.717, 1.165) is 0 Å². The molecule has 1 aliphatic carbocycles. The van der Waals surface area contributed by atoms with E-state index in [1.54, 1.807) is 0 Å². The second-order valence-electron chi connectivity index (χ2n) is 11.4. The van der Waals surface area contributed by atoms with E-state index < -0.39 is 0 Å². The molecule has 41 heavy (non-hydrogen) atoms. The summed E-state index contributed by atoms with van der Waals surface area (Å²) in [5.41, 5.74) is 11.8. The molecule has 0 nitrogen and oxygen atoms in total. The highest BCUT2D eigenvalue weighted by Gasteiger charge is 2.41. The molecule has 0 N–H and O–H groups in total. The molecule has 1 atom stereocenters. The summed E-state index contributed by atoms with van der Waals surface area (Å²) >= 11 is 1.90. The summed E-state index contributed by atoms with van der Waals surface area (Å²) < 4.78 is 0. The van der Waals surface area contributed by atoms with Crippen molar-refractivity contribution in [1.82, 2.24) is 0 Å². The minimum atomic E-state index is -0.248. The molecule has 192 valence electrons. The number of benzene rings is 7. The van der Waals surface area contributed by atoms with Crippen LogP contribution in [0.25, 0.3) is 54.9 Å². The van der Waals surface area contributed by atoms with Gasteiger partial charge >= 0.3 is 0 Å². The van der Waals surface area contributed by atoms with Crippen molar-refractivity contribution >= 4 is 33.3 Å². The predicted octanol–water partition coefficient (Wildman–Crippen LogP) is 11.1. The fraction of sp³-hybridized carbons (Fsp3) is 0.0500. The SMILES string of the molecule is CC1(c2ccccc2)c2cc(-c3cccc4c3-c3cccc5cccc(c35)S4)ccc2-c2cc3ccccc3cc21. The van der Waals surface area contributed by atoms with Crippen LogP contribution in [-0.4, -0.2) is 0 Å². The molecule has 0 fully saturated rings. The van der Waals surface area contributed by atoms with Crippen LogP contribution in [-0.2, 0) is 5.41 Å². The van der Waals surface area contributed by atoms with Gasteiger partial charge in [-0.15, -0.1) is 0 Å². The Morgan fingerprint density at radius 3 is 1.98 bits per heavy atom. The Bertz CT molecular complexity index is 2180. The van der Waals surface area contributed by atoms with Gasteiger partial charge in [0.1, 0.15) is 0 Å². The average Bonchev–Trinajstić information content (AvgIpc) is 3.28. The van der Waals surface area contributed by atoms with Gasteiger partial charge in [-0.25, -0.2) is 0 Å². The summed E-state index contributed by atoms with van der Waals surface area (Å²) in [4.78, 5) is 2.67. The summed E-state index contributed by atoms with van der Waals surface area (Å²) in [6.45, 7) is 2.42. The van der Waals surface area contributed by atoms with Crippen molar-refractivity contribution in [1.29, 1.82) is 0 Å². The first kappa shape index (κ1) is 23.1. The van der Waals surface area contributed by atoms with Crippen molar-refractivity contribution in [3.05, 3.63) is 156 Å². The van der Waals surface area contributed by atoms with Crippen molar-refractivity contribution in [2.45, 2.75) is 22.1 Å². The van der Waals surface area contributed by atoms with Crippen LogP contribution in [0.15, 0.2) is 149 Å². The molecule has 9 rings (SSSR count). The van der Waals surface area contributed by atoms with Gasteiger partial charge in [0.2, 0.25) is 0 Å². The monoisotopic (exact) mass is 538 g/mol. The van der Waals surface area contributed by atoms with Gasteiger partial charge in [0.05, 0.1) is 0 Å². The number of hydrogen-bond acceptors (Lipinski definition) is 1. The smallest absolute Gasteiger partial charge is 0.0435 e. The topological polar surface area (TPSA) is 0 Å². The van der Waals surface area contributed by atoms with E-state index in [2.05, 4.69) is 146 Å². The van der Waals surface area contributed by atoms with Crippen molar-refractivity contribution in [2.24, 2.45) is 0 Å². The third-order valence-electron chi connectivity index (χ3n) is 9.32. The maximum absolute atomic E-state index is 2.48. The summed E-state index contributed by atoms with van der Waals surface area (Å²) in [7, 11) is 0. The molecule has 7 aromatic rings. The zero-order valence-corrected chi connectivity index (χ0v) is 23.5. The summed E-state index contributed by atoms with van der Waals surface area (Å²) in [5, 5.41) is 5.26. The standard InChI is InChI=1S/C40H26S/c1-40(29-14-3-2-4-15-29)34-24-28(20-21-31(34)33-22-26-10-5-6-11-27(26)23-35(33)40)30-16-9-19-37-39(30)32-17-7-12-25-13-8-18-36(41-37)38(25)32/h2-24H,1H3. The van der Waals surface area contributed by atoms with E-state index in [4.69, 9.17) is 0 Å². The number of rotatable bonds is 2. The van der Waals surface area contributed by atoms with E-state index in [0.29, 0.717) is 0 Å². The highest BCUT2D eigenvalue weighted by atomic mass is 32.2. The zero-order valence-electron chi connectivity index (χ0n) is 22.7. The summed E-state index contributed by atoms with van der Waals surface area (Å²) in [5.74, 6) is 0. The molecule has 0 spiro atoms. The van der Waals surface area contributed by atoms with Crippen LogP contribution < -0.4 is 0 Å². The summed E-state index contributed by atoms with van der Waals surface area (Å²) in [6, 6.07) is 52.0. The first-order chi connectivity index (χ1) is 20.2. The number of hydrogen-bond donors (Lipinski definition) is 0. The van der Waals surface area contributed by atoms with Gasteiger partial charge in [-0.2, -0.15) is 0 Å². The maximum atomic E-state index is 2.48. The molecule has 0 saturated heterocycles. The Labute approximate surface area is 244 Å². The van der Waals surface area contributed by atoms with E-state index in [1.165, 1.54) is 81.4 Å². The molecule has 0 radical (unpaired) electrons. The van der Waals surface area contributed by atoms with Crippen molar-refractivity contribution < 1.29 is 0 Å². The molecule has 7 aromatic carbocycles. The molecule has 0 saturated carbocycles. The first-order valence-corrected chi connectivity index (χ1v) is 15.1. The highest BCUT2D eigenvalue weighted by molar-refractivity contribution is 7.99. The van der Waals surface area contributed by atoms with E-state index in [9.17, 15) is 0 Å². The van der Waals surface area contributed by atoms with Crippen LogP contribution in [0, 0.1) is 0 Å². The lowest BCUT2D eigenvalue weighted by atomic mass is 9.73. The van der Waals surface area contributed by atoms with Gasteiger partial charge in [-0.1, -0.05) is 121 Å². The molecule has 1 unspecified atom stereocenters. The van der Waals surface area contributed by atoms with Gasteiger partial charge < -0.3 is 0 Å². The van der Waals surface area contributed by atoms with Crippen LogP contribution in [0.5, 0.6) is 0 Å². The van der Waals surface area contributed by atoms with Gasteiger partial charge in [0.25, 0.3) is 0 Å². The quantitative estimate of drug-likeness (QED) is 0.211. The molecule has 2 aliphatic rings. The second kappa shape index (κ2) is 8.46. The maximum Gasteiger partial charge on any atom is 0.0435 e. The fourth-order valence-corrected chi connectivity index (χ4v) is 8.50. The van der Waals surface area contributed by atoms with Gasteiger partial charge in [-0.05, 0) is 97.9 Å². The summed E-state index contributed by atoms with van der Waals surface area (Å²) in [6.07, 6.45) is 0. The van der Waals surface area contributed by atoms with Crippen LogP contribution in [0.1, 0.15) is 23.6 Å². The molecule has 0 bridgehead atoms. The Hall–Kier alpha value is -4.59. The van der Waals surface area contributed by atoms with E-state index in [1.807, 2.05) is 11.8 Å². The van der Waals surface area contributed by atoms with Gasteiger partial charge in [-0.3, -0.25) is 0 Å². The van der Waals surface area contributed by atoms with Crippen molar-refractivity contribution in [3.8, 4) is 33.4 Å². The third kappa shape index (κ3) is 3.18. The lowest BCUT2D eigenvalue weighted by Crippen LogP contribution is -2.22. The lowest BCUT2D eigenvalue weighted by molar-refractivity contribution is 0.715. The average molecular weight is 539 g/mol. The fourth-order valence-electron chi connectivity index (χ4n) is 7.32. The minimum Gasteiger partial charge on any atom is -0.0888 e. The van der Waals surface area contributed by atoms with Crippen LogP contribution in [0.2, 0.25) is 0 Å². The van der Waals surface area contributed by atoms with Crippen molar-refractivity contribution in [3.63, 3.8) is 0 Å². The first-order valence-electron chi connectivity index (χ1n) is 14.3. The van der Waals surface area contributed by atoms with Crippen LogP contribution >= 0.6 is 11.8 Å². The van der Waals surface area contributed by atoms with Crippen LogP contribution in [0.3, 0.4) is 0 Å². The molecule has 1 aliphatic heterocycles. The highest BCUT2D eigenvalue weighted by Crippen LogP contribution is 2.56. The van der Waals surface area contributed by atoms with Gasteiger partial charge in [0.15, 0.2) is 0 Å². The van der Waals surface area contributed by atoms with E-state index >= 15 is 0 Å². The molecule has 1 heterocycles. The third-order valence-corrected chi connectivity index (χ3v) is 10.4. The largest absolute Gasteiger partial charge is 0.0888 e. The van der Waals surface area contributed by atoms with E-state index in [-0.39, 0.29) is 5.41 Å². The Morgan fingerprint density at radius 2 is 1.12 bits per heavy atom. The predicted molar refractivity (Wildman–Crippen MR) is 174 cm³/mol. The molecule has 0 aromatic heterocycles. The van der Waals surface area contributed by atoms with Crippen molar-refractivity contribution in [2.75, 3.05) is 0 Å². The van der Waals surface area contributed by atoms with Crippen LogP contribution in [0.4, 0.5) is 0 Å². The Kier molecular flexibility index (Phi) is 4.77. The lowest BCUT2D eigenvalue weighted by Gasteiger charge is -2.29. The Morgan fingerprint density at radius 1 is 0.463 bits per heavy atom.